The lowest BCUT2D eigenvalue weighted by Crippen LogP contribution is -1.99. The standard InChI is InChI=1S/C18H13ClFN5O/c1-26-16-7-4-12(8-15(16)19)24-17-14-9-23-25(18(14)22-10-21-17)13-5-2-11(20)3-6-13/h2-10H,1H3,(H,21,22,24). The Morgan fingerprint density at radius 3 is 2.65 bits per heavy atom. The molecule has 0 saturated carbocycles. The van der Waals surface area contributed by atoms with Crippen LogP contribution in [-0.4, -0.2) is 26.9 Å². The molecule has 2 aromatic carbocycles. The van der Waals surface area contributed by atoms with E-state index in [1.54, 1.807) is 42.3 Å². The molecule has 2 aromatic heterocycles. The summed E-state index contributed by atoms with van der Waals surface area (Å²) in [5.74, 6) is 0.873. The first-order chi connectivity index (χ1) is 12.7. The third-order valence-electron chi connectivity index (χ3n) is 3.85. The van der Waals surface area contributed by atoms with Gasteiger partial charge in [-0.05, 0) is 42.5 Å². The maximum Gasteiger partial charge on any atom is 0.168 e. The van der Waals surface area contributed by atoms with Crippen molar-refractivity contribution in [1.82, 2.24) is 19.7 Å². The molecule has 0 atom stereocenters. The van der Waals surface area contributed by atoms with E-state index in [1.807, 2.05) is 6.07 Å². The fraction of sp³-hybridized carbons (Fsp3) is 0.0556. The van der Waals surface area contributed by atoms with Crippen molar-refractivity contribution in [1.29, 1.82) is 0 Å². The number of aromatic nitrogens is 4. The molecule has 2 heterocycles. The quantitative estimate of drug-likeness (QED) is 0.579. The molecular weight excluding hydrogens is 357 g/mol. The van der Waals surface area contributed by atoms with Crippen LogP contribution in [0.25, 0.3) is 16.7 Å². The number of ether oxygens (including phenoxy) is 1. The molecule has 26 heavy (non-hydrogen) atoms. The van der Waals surface area contributed by atoms with E-state index in [0.29, 0.717) is 27.9 Å². The second kappa shape index (κ2) is 6.61. The molecule has 1 N–H and O–H groups in total. The highest BCUT2D eigenvalue weighted by Gasteiger charge is 2.12. The van der Waals surface area contributed by atoms with E-state index < -0.39 is 0 Å². The monoisotopic (exact) mass is 369 g/mol. The lowest BCUT2D eigenvalue weighted by molar-refractivity contribution is 0.415. The summed E-state index contributed by atoms with van der Waals surface area (Å²) in [6.45, 7) is 0. The summed E-state index contributed by atoms with van der Waals surface area (Å²) in [6, 6.07) is 11.4. The number of hydrogen-bond acceptors (Lipinski definition) is 5. The van der Waals surface area contributed by atoms with Crippen molar-refractivity contribution in [3.63, 3.8) is 0 Å². The van der Waals surface area contributed by atoms with E-state index in [2.05, 4.69) is 20.4 Å². The van der Waals surface area contributed by atoms with Crippen LogP contribution in [0.4, 0.5) is 15.9 Å². The minimum absolute atomic E-state index is 0.307. The van der Waals surface area contributed by atoms with Crippen molar-refractivity contribution in [3.8, 4) is 11.4 Å². The first-order valence-corrected chi connectivity index (χ1v) is 8.09. The molecule has 0 aliphatic carbocycles. The number of fused-ring (bicyclic) bond motifs is 1. The summed E-state index contributed by atoms with van der Waals surface area (Å²) < 4.78 is 19.9. The Labute approximate surface area is 153 Å². The minimum atomic E-state index is -0.307. The van der Waals surface area contributed by atoms with Gasteiger partial charge >= 0.3 is 0 Å². The van der Waals surface area contributed by atoms with E-state index in [1.165, 1.54) is 18.5 Å². The van der Waals surface area contributed by atoms with Crippen molar-refractivity contribution in [3.05, 3.63) is 65.8 Å². The van der Waals surface area contributed by atoms with Gasteiger partial charge in [0, 0.05) is 5.69 Å². The first kappa shape index (κ1) is 16.3. The van der Waals surface area contributed by atoms with Crippen LogP contribution in [0.15, 0.2) is 55.0 Å². The van der Waals surface area contributed by atoms with Gasteiger partial charge < -0.3 is 10.1 Å². The van der Waals surface area contributed by atoms with E-state index in [0.717, 1.165) is 11.1 Å². The fourth-order valence-corrected chi connectivity index (χ4v) is 2.85. The molecule has 0 amide bonds. The Kier molecular flexibility index (Phi) is 4.14. The number of rotatable bonds is 4. The summed E-state index contributed by atoms with van der Waals surface area (Å²) in [5.41, 5.74) is 2.07. The van der Waals surface area contributed by atoms with Crippen LogP contribution < -0.4 is 10.1 Å². The average molecular weight is 370 g/mol. The zero-order valence-electron chi connectivity index (χ0n) is 13.6. The Morgan fingerprint density at radius 1 is 1.12 bits per heavy atom. The van der Waals surface area contributed by atoms with E-state index >= 15 is 0 Å². The van der Waals surface area contributed by atoms with Crippen molar-refractivity contribution >= 4 is 34.1 Å². The summed E-state index contributed by atoms with van der Waals surface area (Å²) in [6.07, 6.45) is 3.10. The Morgan fingerprint density at radius 2 is 1.92 bits per heavy atom. The number of benzene rings is 2. The molecule has 130 valence electrons. The van der Waals surface area contributed by atoms with Crippen molar-refractivity contribution in [2.75, 3.05) is 12.4 Å². The van der Waals surface area contributed by atoms with Crippen LogP contribution in [0.3, 0.4) is 0 Å². The van der Waals surface area contributed by atoms with Gasteiger partial charge in [-0.2, -0.15) is 5.10 Å². The summed E-state index contributed by atoms with van der Waals surface area (Å²) >= 11 is 6.17. The second-order valence-electron chi connectivity index (χ2n) is 5.47. The Hall–Kier alpha value is -3.19. The minimum Gasteiger partial charge on any atom is -0.495 e. The number of nitrogens with one attached hydrogen (secondary N) is 1. The Balaban J connectivity index is 1.73. The molecule has 0 radical (unpaired) electrons. The first-order valence-electron chi connectivity index (χ1n) is 7.71. The van der Waals surface area contributed by atoms with Gasteiger partial charge in [-0.1, -0.05) is 11.6 Å². The highest BCUT2D eigenvalue weighted by molar-refractivity contribution is 6.32. The van der Waals surface area contributed by atoms with E-state index in [-0.39, 0.29) is 5.82 Å². The highest BCUT2D eigenvalue weighted by atomic mass is 35.5. The van der Waals surface area contributed by atoms with Crippen molar-refractivity contribution < 1.29 is 9.13 Å². The lowest BCUT2D eigenvalue weighted by atomic mass is 10.3. The summed E-state index contributed by atoms with van der Waals surface area (Å²) in [7, 11) is 1.56. The van der Waals surface area contributed by atoms with E-state index in [4.69, 9.17) is 16.3 Å². The smallest absolute Gasteiger partial charge is 0.168 e. The molecule has 0 saturated heterocycles. The normalized spacial score (nSPS) is 10.9. The molecular formula is C18H13ClFN5O. The van der Waals surface area contributed by atoms with Crippen LogP contribution in [0.5, 0.6) is 5.75 Å². The number of halogens is 2. The van der Waals surface area contributed by atoms with Crippen LogP contribution in [0, 0.1) is 5.82 Å². The maximum atomic E-state index is 13.2. The third-order valence-corrected chi connectivity index (χ3v) is 4.15. The molecule has 0 spiro atoms. The van der Waals surface area contributed by atoms with Crippen molar-refractivity contribution in [2.24, 2.45) is 0 Å². The van der Waals surface area contributed by atoms with Gasteiger partial charge in [0.15, 0.2) is 5.65 Å². The molecule has 0 aliphatic heterocycles. The number of methoxy groups -OCH3 is 1. The second-order valence-corrected chi connectivity index (χ2v) is 5.87. The molecule has 0 fully saturated rings. The molecule has 0 aliphatic rings. The molecule has 4 rings (SSSR count). The topological polar surface area (TPSA) is 64.9 Å². The zero-order chi connectivity index (χ0) is 18.1. The van der Waals surface area contributed by atoms with Gasteiger partial charge in [0.25, 0.3) is 0 Å². The van der Waals surface area contributed by atoms with Gasteiger partial charge in [0.05, 0.1) is 29.4 Å². The lowest BCUT2D eigenvalue weighted by Gasteiger charge is -2.09. The predicted octanol–water partition coefficient (Wildman–Crippen LogP) is 4.36. The fourth-order valence-electron chi connectivity index (χ4n) is 2.60. The SMILES string of the molecule is COc1ccc(Nc2ncnc3c2cnn3-c2ccc(F)cc2)cc1Cl. The predicted molar refractivity (Wildman–Crippen MR) is 97.9 cm³/mol. The molecule has 0 bridgehead atoms. The molecule has 4 aromatic rings. The number of hydrogen-bond donors (Lipinski definition) is 1. The largest absolute Gasteiger partial charge is 0.495 e. The summed E-state index contributed by atoms with van der Waals surface area (Å²) in [5, 5.41) is 8.77. The van der Waals surface area contributed by atoms with Crippen LogP contribution in [-0.2, 0) is 0 Å². The molecule has 0 unspecified atom stereocenters. The van der Waals surface area contributed by atoms with Crippen molar-refractivity contribution in [2.45, 2.75) is 0 Å². The maximum absolute atomic E-state index is 13.2. The highest BCUT2D eigenvalue weighted by Crippen LogP contribution is 2.30. The van der Waals surface area contributed by atoms with E-state index in [9.17, 15) is 4.39 Å². The molecule has 6 nitrogen and oxygen atoms in total. The average Bonchev–Trinajstić information content (AvgIpc) is 3.08. The van der Waals surface area contributed by atoms with Gasteiger partial charge in [-0.25, -0.2) is 19.0 Å². The molecule has 8 heteroatoms. The van der Waals surface area contributed by atoms with Gasteiger partial charge in [-0.3, -0.25) is 0 Å². The Bertz CT molecular complexity index is 1080. The number of nitrogens with zero attached hydrogens (tertiary/aromatic N) is 4. The zero-order valence-corrected chi connectivity index (χ0v) is 14.4. The summed E-state index contributed by atoms with van der Waals surface area (Å²) in [4.78, 5) is 8.58. The van der Waals surface area contributed by atoms with Crippen LogP contribution in [0.2, 0.25) is 5.02 Å². The van der Waals surface area contributed by atoms with Gasteiger partial charge in [0.1, 0.15) is 23.7 Å². The number of anilines is 2. The van der Waals surface area contributed by atoms with Crippen LogP contribution in [0.1, 0.15) is 0 Å². The third kappa shape index (κ3) is 2.93. The van der Waals surface area contributed by atoms with Gasteiger partial charge in [0.2, 0.25) is 0 Å². The van der Waals surface area contributed by atoms with Crippen LogP contribution >= 0.6 is 11.6 Å². The van der Waals surface area contributed by atoms with Gasteiger partial charge in [-0.15, -0.1) is 0 Å².